The molecule has 0 aliphatic carbocycles. The van der Waals surface area contributed by atoms with E-state index >= 15 is 0 Å². The zero-order valence-corrected chi connectivity index (χ0v) is 11.3. The normalized spacial score (nSPS) is 10.3. The van der Waals surface area contributed by atoms with E-state index in [-0.39, 0.29) is 0 Å². The fourth-order valence-corrected chi connectivity index (χ4v) is 1.86. The van der Waals surface area contributed by atoms with Gasteiger partial charge in [0, 0.05) is 5.56 Å². The van der Waals surface area contributed by atoms with Crippen molar-refractivity contribution < 1.29 is 14.1 Å². The molecule has 0 saturated carbocycles. The van der Waals surface area contributed by atoms with Crippen LogP contribution in [0.3, 0.4) is 0 Å². The molecule has 1 heterocycles. The molecule has 21 heavy (non-hydrogen) atoms. The molecule has 0 saturated heterocycles. The molecule has 0 bridgehead atoms. The van der Waals surface area contributed by atoms with Crippen molar-refractivity contribution >= 4 is 0 Å². The van der Waals surface area contributed by atoms with Crippen LogP contribution in [0.4, 0.5) is 0 Å². The maximum Gasteiger partial charge on any atom is 0.284 e. The van der Waals surface area contributed by atoms with Gasteiger partial charge in [-0.1, -0.05) is 48.5 Å². The van der Waals surface area contributed by atoms with Crippen LogP contribution in [-0.2, 0) is 0 Å². The third kappa shape index (κ3) is 3.39. The van der Waals surface area contributed by atoms with Crippen LogP contribution in [0.2, 0.25) is 0 Å². The number of nitrogens with zero attached hydrogens (tertiary/aromatic N) is 2. The van der Waals surface area contributed by atoms with Gasteiger partial charge in [0.15, 0.2) is 5.69 Å². The van der Waals surface area contributed by atoms with E-state index in [0.29, 0.717) is 24.8 Å². The Balaban J connectivity index is 1.56. The minimum atomic E-state index is 0.364. The van der Waals surface area contributed by atoms with Gasteiger partial charge in [-0.2, -0.15) is 0 Å². The van der Waals surface area contributed by atoms with Crippen molar-refractivity contribution in [3.05, 3.63) is 60.7 Å². The summed E-state index contributed by atoms with van der Waals surface area (Å²) in [5.41, 5.74) is 1.49. The van der Waals surface area contributed by atoms with Gasteiger partial charge in [0.2, 0.25) is 0 Å². The quantitative estimate of drug-likeness (QED) is 0.650. The number of ether oxygens (including phenoxy) is 2. The predicted octanol–water partition coefficient (Wildman–Crippen LogP) is 3.19. The third-order valence-corrected chi connectivity index (χ3v) is 2.84. The highest BCUT2D eigenvalue weighted by Gasteiger charge is 2.13. The van der Waals surface area contributed by atoms with E-state index in [1.54, 1.807) is 0 Å². The summed E-state index contributed by atoms with van der Waals surface area (Å²) in [4.78, 5) is 0. The number of rotatable bonds is 6. The van der Waals surface area contributed by atoms with Crippen LogP contribution in [0.15, 0.2) is 65.3 Å². The molecule has 0 spiro atoms. The summed E-state index contributed by atoms with van der Waals surface area (Å²) in [6.45, 7) is 0.786. The Morgan fingerprint density at radius 2 is 1.43 bits per heavy atom. The first kappa shape index (κ1) is 13.2. The molecule has 1 aromatic heterocycles. The lowest BCUT2D eigenvalue weighted by Crippen LogP contribution is -2.09. The lowest BCUT2D eigenvalue weighted by atomic mass is 10.2. The predicted molar refractivity (Wildman–Crippen MR) is 77.2 cm³/mol. The molecule has 3 rings (SSSR count). The van der Waals surface area contributed by atoms with Crippen molar-refractivity contribution in [1.82, 2.24) is 10.3 Å². The lowest BCUT2D eigenvalue weighted by molar-refractivity contribution is 0.200. The van der Waals surface area contributed by atoms with Crippen LogP contribution >= 0.6 is 0 Å². The van der Waals surface area contributed by atoms with Gasteiger partial charge < -0.3 is 9.47 Å². The molecule has 0 amide bonds. The number of aromatic nitrogens is 2. The lowest BCUT2D eigenvalue weighted by Gasteiger charge is -2.06. The summed E-state index contributed by atoms with van der Waals surface area (Å²) in [6, 6.07) is 19.2. The fraction of sp³-hybridized carbons (Fsp3) is 0.125. The molecule has 5 nitrogen and oxygen atoms in total. The minimum Gasteiger partial charge on any atom is -0.490 e. The first-order chi connectivity index (χ1) is 10.4. The largest absolute Gasteiger partial charge is 0.490 e. The van der Waals surface area contributed by atoms with E-state index in [1.807, 2.05) is 60.7 Å². The standard InChI is InChI=1S/C16H14N2O3/c1-3-7-13(8-4-1)15-16(18-21-17-15)20-12-11-19-14-9-5-2-6-10-14/h1-10H,11-12H2. The van der Waals surface area contributed by atoms with Gasteiger partial charge in [-0.15, -0.1) is 0 Å². The second-order valence-electron chi connectivity index (χ2n) is 4.29. The Hall–Kier alpha value is -2.82. The average Bonchev–Trinajstić information content (AvgIpc) is 3.02. The zero-order chi connectivity index (χ0) is 14.3. The second kappa shape index (κ2) is 6.56. The maximum absolute atomic E-state index is 5.56. The number of benzene rings is 2. The molecule has 5 heteroatoms. The Labute approximate surface area is 122 Å². The smallest absolute Gasteiger partial charge is 0.284 e. The summed E-state index contributed by atoms with van der Waals surface area (Å²) < 4.78 is 15.9. The van der Waals surface area contributed by atoms with Gasteiger partial charge in [-0.05, 0) is 22.4 Å². The van der Waals surface area contributed by atoms with Gasteiger partial charge in [-0.3, -0.25) is 0 Å². The van der Waals surface area contributed by atoms with E-state index in [0.717, 1.165) is 11.3 Å². The first-order valence-corrected chi connectivity index (χ1v) is 6.62. The Morgan fingerprint density at radius 3 is 2.19 bits per heavy atom. The minimum absolute atomic E-state index is 0.364. The van der Waals surface area contributed by atoms with Crippen molar-refractivity contribution in [3.63, 3.8) is 0 Å². The highest BCUT2D eigenvalue weighted by molar-refractivity contribution is 5.63. The molecule has 0 radical (unpaired) electrons. The molecule has 3 aromatic rings. The summed E-state index contributed by atoms with van der Waals surface area (Å²) in [6.07, 6.45) is 0. The van der Waals surface area contributed by atoms with E-state index in [2.05, 4.69) is 10.3 Å². The topological polar surface area (TPSA) is 57.4 Å². The summed E-state index contributed by atoms with van der Waals surface area (Å²) in [5, 5.41) is 7.64. The van der Waals surface area contributed by atoms with Gasteiger partial charge >= 0.3 is 0 Å². The molecule has 0 N–H and O–H groups in total. The van der Waals surface area contributed by atoms with E-state index in [9.17, 15) is 0 Å². The van der Waals surface area contributed by atoms with Gasteiger partial charge in [0.25, 0.3) is 5.88 Å². The number of hydrogen-bond donors (Lipinski definition) is 0. The third-order valence-electron chi connectivity index (χ3n) is 2.84. The molecular weight excluding hydrogens is 268 g/mol. The Kier molecular flexibility index (Phi) is 4.12. The zero-order valence-electron chi connectivity index (χ0n) is 11.3. The van der Waals surface area contributed by atoms with Crippen molar-refractivity contribution in [2.75, 3.05) is 13.2 Å². The Bertz CT molecular complexity index is 668. The summed E-state index contributed by atoms with van der Waals surface area (Å²) >= 11 is 0. The van der Waals surface area contributed by atoms with Crippen molar-refractivity contribution in [1.29, 1.82) is 0 Å². The van der Waals surface area contributed by atoms with Crippen molar-refractivity contribution in [3.8, 4) is 22.9 Å². The molecule has 106 valence electrons. The molecule has 0 atom stereocenters. The number of hydrogen-bond acceptors (Lipinski definition) is 5. The Morgan fingerprint density at radius 1 is 0.762 bits per heavy atom. The SMILES string of the molecule is c1ccc(OCCOc2nonc2-c2ccccc2)cc1. The van der Waals surface area contributed by atoms with Crippen molar-refractivity contribution in [2.45, 2.75) is 0 Å². The first-order valence-electron chi connectivity index (χ1n) is 6.62. The molecule has 2 aromatic carbocycles. The van der Waals surface area contributed by atoms with Crippen LogP contribution in [0.1, 0.15) is 0 Å². The molecule has 0 unspecified atom stereocenters. The van der Waals surface area contributed by atoms with Gasteiger partial charge in [-0.25, -0.2) is 4.63 Å². The second-order valence-corrected chi connectivity index (χ2v) is 4.29. The van der Waals surface area contributed by atoms with Crippen LogP contribution in [0.25, 0.3) is 11.3 Å². The van der Waals surface area contributed by atoms with Crippen LogP contribution in [0, 0.1) is 0 Å². The average molecular weight is 282 g/mol. The number of para-hydroxylation sites is 1. The van der Waals surface area contributed by atoms with E-state index < -0.39 is 0 Å². The molecule has 0 fully saturated rings. The highest BCUT2D eigenvalue weighted by Crippen LogP contribution is 2.25. The van der Waals surface area contributed by atoms with E-state index in [4.69, 9.17) is 14.1 Å². The molecule has 0 aliphatic heterocycles. The van der Waals surface area contributed by atoms with Crippen molar-refractivity contribution in [2.24, 2.45) is 0 Å². The highest BCUT2D eigenvalue weighted by atomic mass is 16.6. The van der Waals surface area contributed by atoms with Crippen LogP contribution in [-0.4, -0.2) is 23.5 Å². The van der Waals surface area contributed by atoms with Crippen LogP contribution < -0.4 is 9.47 Å². The monoisotopic (exact) mass is 282 g/mol. The fourth-order valence-electron chi connectivity index (χ4n) is 1.86. The van der Waals surface area contributed by atoms with E-state index in [1.165, 1.54) is 0 Å². The molecule has 0 aliphatic rings. The molecular formula is C16H14N2O3. The summed E-state index contributed by atoms with van der Waals surface area (Å²) in [7, 11) is 0. The van der Waals surface area contributed by atoms with Crippen LogP contribution in [0.5, 0.6) is 11.6 Å². The van der Waals surface area contributed by atoms with Gasteiger partial charge in [0.05, 0.1) is 0 Å². The maximum atomic E-state index is 5.56. The summed E-state index contributed by atoms with van der Waals surface area (Å²) in [5.74, 6) is 1.18. The van der Waals surface area contributed by atoms with Gasteiger partial charge in [0.1, 0.15) is 19.0 Å².